The topological polar surface area (TPSA) is 41.1 Å². The summed E-state index contributed by atoms with van der Waals surface area (Å²) in [6, 6.07) is 9.60. The second-order valence-electron chi connectivity index (χ2n) is 7.97. The molecule has 3 nitrogen and oxygen atoms in total. The lowest BCUT2D eigenvalue weighted by Crippen LogP contribution is -2.30. The van der Waals surface area contributed by atoms with Gasteiger partial charge in [-0.15, -0.1) is 0 Å². The number of hydrogen-bond donors (Lipinski definition) is 2. The van der Waals surface area contributed by atoms with Gasteiger partial charge in [0.25, 0.3) is 0 Å². The molecular weight excluding hydrogens is 351 g/mol. The first-order valence-electron chi connectivity index (χ1n) is 9.75. The van der Waals surface area contributed by atoms with Crippen molar-refractivity contribution >= 4 is 17.7 Å². The molecule has 0 saturated carbocycles. The SMILES string of the molecule is CC(=Cc1cc(C)c(-c2ccc(NC(C)C)cc2F)cc1C)C(=O)NC(C)C. The molecule has 0 heterocycles. The van der Waals surface area contributed by atoms with Gasteiger partial charge in [-0.3, -0.25) is 4.79 Å². The quantitative estimate of drug-likeness (QED) is 0.615. The number of anilines is 1. The van der Waals surface area contributed by atoms with E-state index in [0.717, 1.165) is 27.9 Å². The minimum atomic E-state index is -0.246. The Morgan fingerprint density at radius 1 is 0.964 bits per heavy atom. The fraction of sp³-hybridized carbons (Fsp3) is 0.375. The molecule has 2 N–H and O–H groups in total. The molecule has 28 heavy (non-hydrogen) atoms. The van der Waals surface area contributed by atoms with Gasteiger partial charge in [0.2, 0.25) is 5.91 Å². The summed E-state index contributed by atoms with van der Waals surface area (Å²) in [4.78, 5) is 12.2. The van der Waals surface area contributed by atoms with E-state index in [4.69, 9.17) is 0 Å². The highest BCUT2D eigenvalue weighted by molar-refractivity contribution is 5.97. The summed E-state index contributed by atoms with van der Waals surface area (Å²) in [6.45, 7) is 13.7. The van der Waals surface area contributed by atoms with Crippen molar-refractivity contribution in [3.05, 3.63) is 58.4 Å². The van der Waals surface area contributed by atoms with E-state index in [0.29, 0.717) is 11.1 Å². The second-order valence-corrected chi connectivity index (χ2v) is 7.97. The summed E-state index contributed by atoms with van der Waals surface area (Å²) < 4.78 is 14.7. The van der Waals surface area contributed by atoms with Crippen LogP contribution < -0.4 is 10.6 Å². The molecule has 1 amide bonds. The average molecular weight is 383 g/mol. The Hall–Kier alpha value is -2.62. The van der Waals surface area contributed by atoms with Gasteiger partial charge in [-0.05, 0) is 95.0 Å². The molecule has 0 saturated heterocycles. The molecule has 0 bridgehead atoms. The molecule has 150 valence electrons. The van der Waals surface area contributed by atoms with Crippen molar-refractivity contribution in [1.82, 2.24) is 5.32 Å². The van der Waals surface area contributed by atoms with Crippen molar-refractivity contribution in [3.8, 4) is 11.1 Å². The summed E-state index contributed by atoms with van der Waals surface area (Å²) in [5.41, 5.74) is 5.82. The van der Waals surface area contributed by atoms with Crippen LogP contribution in [0.3, 0.4) is 0 Å². The van der Waals surface area contributed by atoms with Crippen molar-refractivity contribution in [2.24, 2.45) is 0 Å². The highest BCUT2D eigenvalue weighted by Crippen LogP contribution is 2.31. The maximum absolute atomic E-state index is 14.7. The predicted octanol–water partition coefficient (Wildman–Crippen LogP) is 5.86. The standard InChI is InChI=1S/C24H31FN2O/c1-14(2)26-20-8-9-21(23(25)13-20)22-12-16(5)19(10-17(22)6)11-18(7)24(28)27-15(3)4/h8-15,26H,1-7H3,(H,27,28). The van der Waals surface area contributed by atoms with Crippen LogP contribution in [0.5, 0.6) is 0 Å². The Morgan fingerprint density at radius 3 is 2.21 bits per heavy atom. The van der Waals surface area contributed by atoms with Gasteiger partial charge in [0.05, 0.1) is 0 Å². The van der Waals surface area contributed by atoms with Gasteiger partial charge in [-0.2, -0.15) is 0 Å². The Labute approximate surface area is 168 Å². The van der Waals surface area contributed by atoms with Crippen LogP contribution in [0.15, 0.2) is 35.9 Å². The smallest absolute Gasteiger partial charge is 0.247 e. The molecule has 0 radical (unpaired) electrons. The van der Waals surface area contributed by atoms with E-state index in [1.165, 1.54) is 0 Å². The molecular formula is C24H31FN2O. The highest BCUT2D eigenvalue weighted by Gasteiger charge is 2.12. The number of carbonyl (C=O) groups excluding carboxylic acids is 1. The first-order valence-corrected chi connectivity index (χ1v) is 9.75. The van der Waals surface area contributed by atoms with E-state index in [-0.39, 0.29) is 23.8 Å². The molecule has 0 atom stereocenters. The van der Waals surface area contributed by atoms with Crippen LogP contribution in [-0.4, -0.2) is 18.0 Å². The molecule has 0 aromatic heterocycles. The van der Waals surface area contributed by atoms with Gasteiger partial charge < -0.3 is 10.6 Å². The average Bonchev–Trinajstić information content (AvgIpc) is 2.57. The monoisotopic (exact) mass is 382 g/mol. The van der Waals surface area contributed by atoms with Crippen LogP contribution in [0.2, 0.25) is 0 Å². The summed E-state index contributed by atoms with van der Waals surface area (Å²) in [5.74, 6) is -0.320. The number of amides is 1. The van der Waals surface area contributed by atoms with E-state index < -0.39 is 0 Å². The Balaban J connectivity index is 2.38. The predicted molar refractivity (Wildman–Crippen MR) is 117 cm³/mol. The largest absolute Gasteiger partial charge is 0.383 e. The number of rotatable bonds is 6. The molecule has 0 fully saturated rings. The Morgan fingerprint density at radius 2 is 1.64 bits per heavy atom. The zero-order chi connectivity index (χ0) is 21.0. The first kappa shape index (κ1) is 21.7. The normalized spacial score (nSPS) is 11.9. The van der Waals surface area contributed by atoms with E-state index in [1.807, 2.05) is 71.9 Å². The number of carbonyl (C=O) groups is 1. The van der Waals surface area contributed by atoms with Crippen molar-refractivity contribution in [3.63, 3.8) is 0 Å². The maximum atomic E-state index is 14.7. The van der Waals surface area contributed by atoms with Crippen LogP contribution >= 0.6 is 0 Å². The first-order chi connectivity index (χ1) is 13.1. The highest BCUT2D eigenvalue weighted by atomic mass is 19.1. The van der Waals surface area contributed by atoms with Gasteiger partial charge in [0, 0.05) is 28.9 Å². The molecule has 0 spiro atoms. The van der Waals surface area contributed by atoms with Gasteiger partial charge in [0.1, 0.15) is 5.82 Å². The van der Waals surface area contributed by atoms with Gasteiger partial charge in [-0.1, -0.05) is 12.1 Å². The third kappa shape index (κ3) is 5.44. The molecule has 2 aromatic carbocycles. The summed E-state index contributed by atoms with van der Waals surface area (Å²) in [5, 5.41) is 6.12. The van der Waals surface area contributed by atoms with Crippen molar-refractivity contribution in [2.45, 2.75) is 60.5 Å². The van der Waals surface area contributed by atoms with Crippen LogP contribution in [0.4, 0.5) is 10.1 Å². The third-order valence-corrected chi connectivity index (χ3v) is 4.48. The molecule has 0 unspecified atom stereocenters. The molecule has 0 aliphatic heterocycles. The zero-order valence-corrected chi connectivity index (χ0v) is 17.9. The lowest BCUT2D eigenvalue weighted by Gasteiger charge is -2.15. The number of nitrogens with one attached hydrogen (secondary N) is 2. The van der Waals surface area contributed by atoms with Crippen molar-refractivity contribution in [1.29, 1.82) is 0 Å². The van der Waals surface area contributed by atoms with Crippen molar-refractivity contribution < 1.29 is 9.18 Å². The zero-order valence-electron chi connectivity index (χ0n) is 17.9. The fourth-order valence-electron chi connectivity index (χ4n) is 3.12. The maximum Gasteiger partial charge on any atom is 0.247 e. The fourth-order valence-corrected chi connectivity index (χ4v) is 3.12. The van der Waals surface area contributed by atoms with Crippen LogP contribution in [0.25, 0.3) is 17.2 Å². The minimum Gasteiger partial charge on any atom is -0.383 e. The Bertz CT molecular complexity index is 898. The molecule has 0 aliphatic carbocycles. The minimum absolute atomic E-state index is 0.0737. The molecule has 2 rings (SSSR count). The number of aryl methyl sites for hydroxylation is 2. The lowest BCUT2D eigenvalue weighted by molar-refractivity contribution is -0.117. The Kier molecular flexibility index (Phi) is 7.00. The molecule has 0 aliphatic rings. The van der Waals surface area contributed by atoms with E-state index in [2.05, 4.69) is 10.6 Å². The number of benzene rings is 2. The number of hydrogen-bond acceptors (Lipinski definition) is 2. The molecule has 4 heteroatoms. The van der Waals surface area contributed by atoms with Crippen LogP contribution in [-0.2, 0) is 4.79 Å². The van der Waals surface area contributed by atoms with Crippen LogP contribution in [0.1, 0.15) is 51.3 Å². The lowest BCUT2D eigenvalue weighted by atomic mass is 9.93. The summed E-state index contributed by atoms with van der Waals surface area (Å²) in [7, 11) is 0. The van der Waals surface area contributed by atoms with Crippen LogP contribution in [0, 0.1) is 19.7 Å². The van der Waals surface area contributed by atoms with E-state index >= 15 is 0 Å². The van der Waals surface area contributed by atoms with E-state index in [1.54, 1.807) is 13.0 Å². The summed E-state index contributed by atoms with van der Waals surface area (Å²) >= 11 is 0. The second kappa shape index (κ2) is 9.05. The van der Waals surface area contributed by atoms with Gasteiger partial charge in [-0.25, -0.2) is 4.39 Å². The molecule has 2 aromatic rings. The van der Waals surface area contributed by atoms with Crippen molar-refractivity contribution in [2.75, 3.05) is 5.32 Å². The van der Waals surface area contributed by atoms with E-state index in [9.17, 15) is 9.18 Å². The van der Waals surface area contributed by atoms with Gasteiger partial charge in [0.15, 0.2) is 0 Å². The number of halogens is 1. The third-order valence-electron chi connectivity index (χ3n) is 4.48. The van der Waals surface area contributed by atoms with Gasteiger partial charge >= 0.3 is 0 Å². The summed E-state index contributed by atoms with van der Waals surface area (Å²) in [6.07, 6.45) is 1.88.